The molecule has 3 N–H and O–H groups in total. The first-order valence-corrected chi connectivity index (χ1v) is 7.44. The van der Waals surface area contributed by atoms with Crippen LogP contribution in [0.4, 0.5) is 4.39 Å². The van der Waals surface area contributed by atoms with E-state index in [1.54, 1.807) is 18.5 Å². The molecule has 0 unspecified atom stereocenters. The molecule has 1 aromatic heterocycles. The maximum Gasteiger partial charge on any atom is 0.335 e. The summed E-state index contributed by atoms with van der Waals surface area (Å²) in [7, 11) is -4.01. The minimum absolute atomic E-state index is 0.0180. The molecular formula is C13H13FN2O4S. The van der Waals surface area contributed by atoms with E-state index in [2.05, 4.69) is 9.71 Å². The molecule has 21 heavy (non-hydrogen) atoms. The Balaban J connectivity index is 2.37. The summed E-state index contributed by atoms with van der Waals surface area (Å²) in [6.07, 6.45) is 3.25. The van der Waals surface area contributed by atoms with Crippen LogP contribution in [0.15, 0.2) is 35.5 Å². The van der Waals surface area contributed by atoms with Crippen molar-refractivity contribution in [3.63, 3.8) is 0 Å². The van der Waals surface area contributed by atoms with Crippen LogP contribution in [-0.4, -0.2) is 24.5 Å². The molecule has 0 fully saturated rings. The van der Waals surface area contributed by atoms with Gasteiger partial charge >= 0.3 is 5.97 Å². The van der Waals surface area contributed by atoms with E-state index in [0.29, 0.717) is 5.56 Å². The summed E-state index contributed by atoms with van der Waals surface area (Å²) >= 11 is 0. The number of aromatic amines is 1. The third-order valence-electron chi connectivity index (χ3n) is 2.96. The molecule has 6 nitrogen and oxygen atoms in total. The van der Waals surface area contributed by atoms with Crippen molar-refractivity contribution >= 4 is 16.0 Å². The Morgan fingerprint density at radius 1 is 1.43 bits per heavy atom. The lowest BCUT2D eigenvalue weighted by atomic mass is 10.1. The molecule has 0 aliphatic heterocycles. The smallest absolute Gasteiger partial charge is 0.335 e. The highest BCUT2D eigenvalue weighted by atomic mass is 32.2. The lowest BCUT2D eigenvalue weighted by Gasteiger charge is -2.10. The van der Waals surface area contributed by atoms with Crippen molar-refractivity contribution in [2.75, 3.05) is 0 Å². The molecule has 0 saturated heterocycles. The second-order valence-electron chi connectivity index (χ2n) is 4.43. The van der Waals surface area contributed by atoms with Crippen molar-refractivity contribution < 1.29 is 22.7 Å². The molecule has 0 spiro atoms. The van der Waals surface area contributed by atoms with Gasteiger partial charge in [-0.25, -0.2) is 22.3 Å². The molecule has 2 rings (SSSR count). The number of sulfonamides is 1. The van der Waals surface area contributed by atoms with Gasteiger partial charge in [-0.1, -0.05) is 0 Å². The number of benzene rings is 1. The monoisotopic (exact) mass is 312 g/mol. The summed E-state index contributed by atoms with van der Waals surface area (Å²) in [5.74, 6) is -2.27. The number of halogens is 1. The zero-order valence-corrected chi connectivity index (χ0v) is 11.9. The SMILES string of the molecule is Cc1c(F)cc(C(=O)O)cc1S(=O)(=O)NCc1cc[nH]c1. The number of aromatic nitrogens is 1. The summed E-state index contributed by atoms with van der Waals surface area (Å²) < 4.78 is 40.4. The van der Waals surface area contributed by atoms with E-state index >= 15 is 0 Å². The third-order valence-corrected chi connectivity index (χ3v) is 4.49. The van der Waals surface area contributed by atoms with Gasteiger partial charge in [-0.3, -0.25) is 0 Å². The van der Waals surface area contributed by atoms with Crippen LogP contribution in [0.5, 0.6) is 0 Å². The van der Waals surface area contributed by atoms with E-state index in [-0.39, 0.29) is 17.0 Å². The number of H-pyrrole nitrogens is 1. The van der Waals surface area contributed by atoms with Crippen LogP contribution in [0.3, 0.4) is 0 Å². The van der Waals surface area contributed by atoms with Crippen LogP contribution < -0.4 is 4.72 Å². The van der Waals surface area contributed by atoms with Crippen LogP contribution in [0.25, 0.3) is 0 Å². The van der Waals surface area contributed by atoms with Crippen molar-refractivity contribution in [2.45, 2.75) is 18.4 Å². The van der Waals surface area contributed by atoms with E-state index in [0.717, 1.165) is 12.1 Å². The molecule has 0 atom stereocenters. The van der Waals surface area contributed by atoms with Gasteiger partial charge in [0, 0.05) is 24.5 Å². The Morgan fingerprint density at radius 3 is 2.71 bits per heavy atom. The molecule has 1 heterocycles. The topological polar surface area (TPSA) is 99.3 Å². The van der Waals surface area contributed by atoms with Gasteiger partial charge < -0.3 is 10.1 Å². The molecule has 1 aromatic carbocycles. The minimum Gasteiger partial charge on any atom is -0.478 e. The fraction of sp³-hybridized carbons (Fsp3) is 0.154. The second-order valence-corrected chi connectivity index (χ2v) is 6.17. The second kappa shape index (κ2) is 5.66. The Kier molecular flexibility index (Phi) is 4.10. The Morgan fingerprint density at radius 2 is 2.14 bits per heavy atom. The number of rotatable bonds is 5. The van der Waals surface area contributed by atoms with Gasteiger partial charge in [-0.05, 0) is 30.7 Å². The van der Waals surface area contributed by atoms with Gasteiger partial charge in [-0.2, -0.15) is 0 Å². The highest BCUT2D eigenvalue weighted by molar-refractivity contribution is 7.89. The predicted octanol–water partition coefficient (Wildman–Crippen LogP) is 1.64. The fourth-order valence-electron chi connectivity index (χ4n) is 1.78. The number of carboxylic acids is 1. The van der Waals surface area contributed by atoms with Crippen LogP contribution >= 0.6 is 0 Å². The lowest BCUT2D eigenvalue weighted by Crippen LogP contribution is -2.24. The van der Waals surface area contributed by atoms with Crippen LogP contribution in [0.2, 0.25) is 0 Å². The van der Waals surface area contributed by atoms with E-state index < -0.39 is 27.4 Å². The summed E-state index contributed by atoms with van der Waals surface area (Å²) in [5.41, 5.74) is 0.160. The third kappa shape index (κ3) is 3.29. The van der Waals surface area contributed by atoms with Gasteiger partial charge in [0.2, 0.25) is 10.0 Å². The summed E-state index contributed by atoms with van der Waals surface area (Å²) in [4.78, 5) is 13.3. The molecule has 0 aliphatic rings. The van der Waals surface area contributed by atoms with Crippen molar-refractivity contribution in [3.05, 3.63) is 53.1 Å². The van der Waals surface area contributed by atoms with Gasteiger partial charge in [0.25, 0.3) is 0 Å². The number of carbonyl (C=O) groups is 1. The van der Waals surface area contributed by atoms with E-state index in [9.17, 15) is 17.6 Å². The summed E-state index contributed by atoms with van der Waals surface area (Å²) in [5, 5.41) is 8.88. The molecule has 112 valence electrons. The molecule has 0 aliphatic carbocycles. The van der Waals surface area contributed by atoms with Crippen LogP contribution in [0, 0.1) is 12.7 Å². The Labute approximate surface area is 120 Å². The summed E-state index contributed by atoms with van der Waals surface area (Å²) in [6.45, 7) is 1.30. The number of carboxylic acid groups (broad SMARTS) is 1. The zero-order chi connectivity index (χ0) is 15.6. The average Bonchev–Trinajstić information content (AvgIpc) is 2.92. The first-order chi connectivity index (χ1) is 9.81. The molecule has 0 saturated carbocycles. The zero-order valence-electron chi connectivity index (χ0n) is 11.1. The molecular weight excluding hydrogens is 299 g/mol. The molecule has 0 amide bonds. The van der Waals surface area contributed by atoms with Gasteiger partial charge in [-0.15, -0.1) is 0 Å². The molecule has 8 heteroatoms. The average molecular weight is 312 g/mol. The van der Waals surface area contributed by atoms with Crippen LogP contribution in [0.1, 0.15) is 21.5 Å². The number of hydrogen-bond donors (Lipinski definition) is 3. The normalized spacial score (nSPS) is 11.5. The van der Waals surface area contributed by atoms with Gasteiger partial charge in [0.05, 0.1) is 10.5 Å². The largest absolute Gasteiger partial charge is 0.478 e. The maximum absolute atomic E-state index is 13.7. The Bertz CT molecular complexity index is 770. The highest BCUT2D eigenvalue weighted by Crippen LogP contribution is 2.21. The number of hydrogen-bond acceptors (Lipinski definition) is 3. The van der Waals surface area contributed by atoms with Crippen molar-refractivity contribution in [1.29, 1.82) is 0 Å². The van der Waals surface area contributed by atoms with Gasteiger partial charge in [0.15, 0.2) is 0 Å². The predicted molar refractivity (Wildman–Crippen MR) is 72.9 cm³/mol. The fourth-order valence-corrected chi connectivity index (χ4v) is 3.08. The maximum atomic E-state index is 13.7. The minimum atomic E-state index is -4.01. The van der Waals surface area contributed by atoms with Crippen molar-refractivity contribution in [1.82, 2.24) is 9.71 Å². The number of nitrogens with one attached hydrogen (secondary N) is 2. The lowest BCUT2D eigenvalue weighted by molar-refractivity contribution is 0.0696. The number of aromatic carboxylic acids is 1. The van der Waals surface area contributed by atoms with E-state index in [1.807, 2.05) is 0 Å². The molecule has 0 radical (unpaired) electrons. The first-order valence-electron chi connectivity index (χ1n) is 5.96. The van der Waals surface area contributed by atoms with Gasteiger partial charge in [0.1, 0.15) is 5.82 Å². The van der Waals surface area contributed by atoms with Crippen molar-refractivity contribution in [2.24, 2.45) is 0 Å². The molecule has 0 bridgehead atoms. The van der Waals surface area contributed by atoms with Crippen molar-refractivity contribution in [3.8, 4) is 0 Å². The Hall–Kier alpha value is -2.19. The standard InChI is InChI=1S/C13H13FN2O4S/c1-8-11(14)4-10(13(17)18)5-12(8)21(19,20)16-7-9-2-3-15-6-9/h2-6,15-16H,7H2,1H3,(H,17,18). The first kappa shape index (κ1) is 15.2. The molecule has 2 aromatic rings. The van der Waals surface area contributed by atoms with E-state index in [4.69, 9.17) is 5.11 Å². The summed E-state index contributed by atoms with van der Waals surface area (Å²) in [6, 6.07) is 3.42. The van der Waals surface area contributed by atoms with E-state index in [1.165, 1.54) is 6.92 Å². The highest BCUT2D eigenvalue weighted by Gasteiger charge is 2.21. The van der Waals surface area contributed by atoms with Crippen LogP contribution in [-0.2, 0) is 16.6 Å². The quantitative estimate of drug-likeness (QED) is 0.781.